The van der Waals surface area contributed by atoms with Crippen molar-refractivity contribution in [3.05, 3.63) is 0 Å². The predicted octanol–water partition coefficient (Wildman–Crippen LogP) is 1.03. The zero-order valence-electron chi connectivity index (χ0n) is 11.6. The molecule has 0 bridgehead atoms. The molecule has 0 spiro atoms. The second kappa shape index (κ2) is 7.48. The third kappa shape index (κ3) is 4.49. The molecule has 19 heavy (non-hydrogen) atoms. The van der Waals surface area contributed by atoms with Gasteiger partial charge in [0.05, 0.1) is 6.10 Å². The van der Waals surface area contributed by atoms with E-state index in [2.05, 4.69) is 0 Å². The van der Waals surface area contributed by atoms with Crippen molar-refractivity contribution in [1.29, 1.82) is 0 Å². The van der Waals surface area contributed by atoms with Crippen molar-refractivity contribution in [2.75, 3.05) is 32.8 Å². The predicted molar refractivity (Wildman–Crippen MR) is 71.7 cm³/mol. The summed E-state index contributed by atoms with van der Waals surface area (Å²) in [7, 11) is 0. The van der Waals surface area contributed by atoms with Crippen LogP contribution in [-0.4, -0.2) is 61.0 Å². The minimum absolute atomic E-state index is 0.0646. The lowest BCUT2D eigenvalue weighted by Gasteiger charge is -2.32. The van der Waals surface area contributed by atoms with Crippen molar-refractivity contribution in [3.63, 3.8) is 0 Å². The normalized spacial score (nSPS) is 22.1. The summed E-state index contributed by atoms with van der Waals surface area (Å²) in [6, 6.07) is 0. The second-order valence-electron chi connectivity index (χ2n) is 5.45. The van der Waals surface area contributed by atoms with Gasteiger partial charge in [0, 0.05) is 26.2 Å². The minimum Gasteiger partial charge on any atom is -0.368 e. The molecule has 1 heterocycles. The van der Waals surface area contributed by atoms with Gasteiger partial charge in [-0.3, -0.25) is 9.59 Å². The zero-order chi connectivity index (χ0) is 13.5. The highest BCUT2D eigenvalue weighted by atomic mass is 16.5. The maximum absolute atomic E-state index is 12.0. The molecule has 0 radical (unpaired) electrons. The number of hydrogen-bond donors (Lipinski definition) is 0. The first kappa shape index (κ1) is 14.3. The molecule has 0 aromatic heterocycles. The maximum Gasteiger partial charge on any atom is 0.248 e. The fourth-order valence-electron chi connectivity index (χ4n) is 2.77. The minimum atomic E-state index is 0.0646. The van der Waals surface area contributed by atoms with Gasteiger partial charge in [-0.2, -0.15) is 0 Å². The van der Waals surface area contributed by atoms with Gasteiger partial charge in [0.15, 0.2) is 0 Å². The second-order valence-corrected chi connectivity index (χ2v) is 5.45. The van der Waals surface area contributed by atoms with Crippen molar-refractivity contribution in [2.45, 2.75) is 44.6 Å². The van der Waals surface area contributed by atoms with Gasteiger partial charge in [0.1, 0.15) is 6.61 Å². The Morgan fingerprint density at radius 1 is 1.05 bits per heavy atom. The number of nitrogens with zero attached hydrogens (tertiary/aromatic N) is 2. The molecule has 0 aromatic carbocycles. The summed E-state index contributed by atoms with van der Waals surface area (Å²) in [6.45, 7) is 2.74. The van der Waals surface area contributed by atoms with Crippen molar-refractivity contribution in [3.8, 4) is 0 Å². The lowest BCUT2D eigenvalue weighted by Crippen LogP contribution is -2.49. The molecule has 2 rings (SSSR count). The van der Waals surface area contributed by atoms with Gasteiger partial charge in [0.2, 0.25) is 12.3 Å². The third-order valence-electron chi connectivity index (χ3n) is 4.06. The first-order valence-electron chi connectivity index (χ1n) is 7.38. The van der Waals surface area contributed by atoms with Crippen LogP contribution in [0.2, 0.25) is 0 Å². The van der Waals surface area contributed by atoms with E-state index in [1.54, 1.807) is 9.80 Å². The summed E-state index contributed by atoms with van der Waals surface area (Å²) in [4.78, 5) is 26.1. The van der Waals surface area contributed by atoms with E-state index >= 15 is 0 Å². The van der Waals surface area contributed by atoms with E-state index in [1.807, 2.05) is 0 Å². The van der Waals surface area contributed by atoms with Gasteiger partial charge < -0.3 is 14.5 Å². The summed E-state index contributed by atoms with van der Waals surface area (Å²) in [5.74, 6) is 0.0646. The zero-order valence-corrected chi connectivity index (χ0v) is 11.6. The summed E-state index contributed by atoms with van der Waals surface area (Å²) in [5.41, 5.74) is 0. The van der Waals surface area contributed by atoms with Crippen LogP contribution in [0.5, 0.6) is 0 Å². The molecule has 1 saturated carbocycles. The first-order chi connectivity index (χ1) is 9.29. The van der Waals surface area contributed by atoms with Crippen LogP contribution in [0.3, 0.4) is 0 Å². The van der Waals surface area contributed by atoms with Gasteiger partial charge in [0.25, 0.3) is 0 Å². The van der Waals surface area contributed by atoms with Gasteiger partial charge in [-0.25, -0.2) is 0 Å². The van der Waals surface area contributed by atoms with Crippen LogP contribution < -0.4 is 0 Å². The van der Waals surface area contributed by atoms with Crippen molar-refractivity contribution in [1.82, 2.24) is 9.80 Å². The quantitative estimate of drug-likeness (QED) is 0.565. The number of rotatable bonds is 4. The van der Waals surface area contributed by atoms with Gasteiger partial charge in [-0.1, -0.05) is 25.7 Å². The van der Waals surface area contributed by atoms with Crippen molar-refractivity contribution in [2.24, 2.45) is 0 Å². The molecule has 2 aliphatic rings. The molecule has 1 aliphatic carbocycles. The van der Waals surface area contributed by atoms with E-state index < -0.39 is 0 Å². The molecule has 5 nitrogen and oxygen atoms in total. The van der Waals surface area contributed by atoms with Crippen molar-refractivity contribution < 1.29 is 14.3 Å². The molecule has 1 aliphatic heterocycles. The third-order valence-corrected chi connectivity index (χ3v) is 4.06. The monoisotopic (exact) mass is 268 g/mol. The fraction of sp³-hybridized carbons (Fsp3) is 0.857. The Morgan fingerprint density at radius 2 is 1.68 bits per heavy atom. The summed E-state index contributed by atoms with van der Waals surface area (Å²) in [6.07, 6.45) is 8.32. The van der Waals surface area contributed by atoms with E-state index in [0.717, 1.165) is 19.3 Å². The summed E-state index contributed by atoms with van der Waals surface area (Å²) in [5, 5.41) is 0. The van der Waals surface area contributed by atoms with Crippen LogP contribution >= 0.6 is 0 Å². The lowest BCUT2D eigenvalue weighted by molar-refractivity contribution is -0.141. The molecular weight excluding hydrogens is 244 g/mol. The highest BCUT2D eigenvalue weighted by Crippen LogP contribution is 2.19. The number of ether oxygens (including phenoxy) is 1. The van der Waals surface area contributed by atoms with E-state index in [1.165, 1.54) is 25.7 Å². The van der Waals surface area contributed by atoms with Crippen LogP contribution in [0.15, 0.2) is 0 Å². The number of carbonyl (C=O) groups excluding carboxylic acids is 2. The molecule has 0 aromatic rings. The Labute approximate surface area is 114 Å². The number of amides is 2. The van der Waals surface area contributed by atoms with Gasteiger partial charge in [-0.15, -0.1) is 0 Å². The molecule has 0 N–H and O–H groups in total. The van der Waals surface area contributed by atoms with E-state index in [-0.39, 0.29) is 18.6 Å². The Bertz CT molecular complexity index is 293. The molecule has 0 unspecified atom stereocenters. The van der Waals surface area contributed by atoms with E-state index in [0.29, 0.717) is 26.2 Å². The average Bonchev–Trinajstić information content (AvgIpc) is 2.73. The van der Waals surface area contributed by atoms with E-state index in [9.17, 15) is 9.59 Å². The molecule has 2 amide bonds. The average molecular weight is 268 g/mol. The van der Waals surface area contributed by atoms with Crippen LogP contribution in [0.1, 0.15) is 38.5 Å². The maximum atomic E-state index is 12.0. The smallest absolute Gasteiger partial charge is 0.248 e. The molecule has 2 fully saturated rings. The van der Waals surface area contributed by atoms with Crippen LogP contribution in [0, 0.1) is 0 Å². The topological polar surface area (TPSA) is 49.9 Å². The number of carbonyl (C=O) groups is 2. The van der Waals surface area contributed by atoms with Crippen LogP contribution in [0.4, 0.5) is 0 Å². The Morgan fingerprint density at radius 3 is 2.26 bits per heavy atom. The molecule has 0 atom stereocenters. The Hall–Kier alpha value is -1.10. The van der Waals surface area contributed by atoms with Crippen LogP contribution in [0.25, 0.3) is 0 Å². The highest BCUT2D eigenvalue weighted by Gasteiger charge is 2.21. The lowest BCUT2D eigenvalue weighted by atomic mass is 10.1. The summed E-state index contributed by atoms with van der Waals surface area (Å²) < 4.78 is 5.76. The standard InChI is InChI=1S/C14H24N2O3/c17-12-15-7-9-16(10-8-15)14(18)11-19-13-5-3-1-2-4-6-13/h12-13H,1-11H2. The fourth-order valence-corrected chi connectivity index (χ4v) is 2.77. The van der Waals surface area contributed by atoms with Gasteiger partial charge >= 0.3 is 0 Å². The molecule has 5 heteroatoms. The van der Waals surface area contributed by atoms with E-state index in [4.69, 9.17) is 4.74 Å². The Balaban J connectivity index is 1.67. The summed E-state index contributed by atoms with van der Waals surface area (Å²) >= 11 is 0. The first-order valence-corrected chi connectivity index (χ1v) is 7.38. The Kier molecular flexibility index (Phi) is 5.63. The number of hydrogen-bond acceptors (Lipinski definition) is 3. The SMILES string of the molecule is O=CN1CCN(C(=O)COC2CCCCCC2)CC1. The molecular formula is C14H24N2O3. The van der Waals surface area contributed by atoms with Crippen molar-refractivity contribution >= 4 is 12.3 Å². The molecule has 108 valence electrons. The van der Waals surface area contributed by atoms with Gasteiger partial charge in [-0.05, 0) is 12.8 Å². The molecule has 1 saturated heterocycles. The van der Waals surface area contributed by atoms with Crippen LogP contribution in [-0.2, 0) is 14.3 Å². The largest absolute Gasteiger partial charge is 0.368 e. The highest BCUT2D eigenvalue weighted by molar-refractivity contribution is 5.77. The number of piperazine rings is 1.